The van der Waals surface area contributed by atoms with Crippen molar-refractivity contribution in [3.63, 3.8) is 0 Å². The second-order valence-corrected chi connectivity index (χ2v) is 7.40. The van der Waals surface area contributed by atoms with E-state index in [0.717, 1.165) is 0 Å². The number of amides is 2. The largest absolute Gasteiger partial charge is 0.368 e. The highest BCUT2D eigenvalue weighted by Crippen LogP contribution is 2.25. The van der Waals surface area contributed by atoms with Crippen LogP contribution in [0.3, 0.4) is 0 Å². The van der Waals surface area contributed by atoms with E-state index < -0.39 is 17.2 Å². The Kier molecular flexibility index (Phi) is 5.17. The lowest BCUT2D eigenvalue weighted by Crippen LogP contribution is -2.50. The van der Waals surface area contributed by atoms with Crippen LogP contribution in [0, 0.1) is 18.6 Å². The fourth-order valence-corrected chi connectivity index (χ4v) is 3.65. The van der Waals surface area contributed by atoms with E-state index in [2.05, 4.69) is 5.32 Å². The average Bonchev–Trinajstić information content (AvgIpc) is 2.88. The number of hydrogen-bond donors (Lipinski definition) is 1. The maximum atomic E-state index is 13.5. The number of halogens is 2. The van der Waals surface area contributed by atoms with E-state index in [-0.39, 0.29) is 36.9 Å². The molecule has 0 aliphatic carbocycles. The van der Waals surface area contributed by atoms with Gasteiger partial charge in [0.25, 0.3) is 0 Å². The predicted octanol–water partition coefficient (Wildman–Crippen LogP) is 1.55. The molecule has 27 heavy (non-hydrogen) atoms. The predicted molar refractivity (Wildman–Crippen MR) is 95.3 cm³/mol. The maximum absolute atomic E-state index is 13.5. The van der Waals surface area contributed by atoms with Gasteiger partial charge < -0.3 is 15.1 Å². The monoisotopic (exact) mass is 379 g/mol. The van der Waals surface area contributed by atoms with E-state index in [9.17, 15) is 23.2 Å². The first-order chi connectivity index (χ1) is 12.7. The van der Waals surface area contributed by atoms with Crippen LogP contribution in [-0.4, -0.2) is 54.2 Å². The van der Waals surface area contributed by atoms with Gasteiger partial charge in [0.1, 0.15) is 0 Å². The van der Waals surface area contributed by atoms with Crippen molar-refractivity contribution in [1.29, 1.82) is 0 Å². The van der Waals surface area contributed by atoms with Gasteiger partial charge in [0.05, 0.1) is 12.0 Å². The number of anilines is 1. The highest BCUT2D eigenvalue weighted by molar-refractivity contribution is 6.10. The minimum atomic E-state index is -0.961. The Labute approximate surface area is 156 Å². The molecule has 8 heteroatoms. The molecule has 2 amide bonds. The Hall–Kier alpha value is -2.51. The van der Waals surface area contributed by atoms with Gasteiger partial charge in [0.15, 0.2) is 17.4 Å². The second kappa shape index (κ2) is 7.25. The molecule has 1 unspecified atom stereocenters. The average molecular weight is 379 g/mol. The molecular weight excluding hydrogens is 356 g/mol. The van der Waals surface area contributed by atoms with E-state index in [4.69, 9.17) is 0 Å². The molecule has 0 bridgehead atoms. The van der Waals surface area contributed by atoms with Gasteiger partial charge in [0.2, 0.25) is 11.8 Å². The van der Waals surface area contributed by atoms with Crippen LogP contribution in [0.4, 0.5) is 14.5 Å². The van der Waals surface area contributed by atoms with Crippen molar-refractivity contribution in [3.8, 4) is 0 Å². The first kappa shape index (κ1) is 19.3. The molecule has 2 saturated heterocycles. The SMILES string of the molecule is Cc1cc(F)c(F)cc1N1CCN(C(=O)CCC2(C)NC(=O)CC2=O)CC1. The van der Waals surface area contributed by atoms with E-state index in [1.165, 1.54) is 12.1 Å². The molecule has 6 nitrogen and oxygen atoms in total. The van der Waals surface area contributed by atoms with Gasteiger partial charge in [-0.3, -0.25) is 14.4 Å². The molecule has 0 saturated carbocycles. The number of carbonyl (C=O) groups is 3. The van der Waals surface area contributed by atoms with Crippen LogP contribution in [0.15, 0.2) is 12.1 Å². The van der Waals surface area contributed by atoms with E-state index in [1.807, 2.05) is 4.90 Å². The number of Topliss-reactive ketones (excluding diaryl/α,β-unsaturated/α-hetero) is 1. The summed E-state index contributed by atoms with van der Waals surface area (Å²) in [5.74, 6) is -2.31. The molecule has 2 aliphatic heterocycles. The lowest BCUT2D eigenvalue weighted by atomic mass is 9.92. The molecule has 1 aromatic carbocycles. The quantitative estimate of drug-likeness (QED) is 0.806. The Morgan fingerprint density at radius 3 is 2.37 bits per heavy atom. The molecule has 1 N–H and O–H groups in total. The number of ketones is 1. The zero-order valence-corrected chi connectivity index (χ0v) is 15.5. The van der Waals surface area contributed by atoms with Crippen molar-refractivity contribution in [2.24, 2.45) is 0 Å². The lowest BCUT2D eigenvalue weighted by Gasteiger charge is -2.37. The Balaban J connectivity index is 1.55. The number of hydrogen-bond acceptors (Lipinski definition) is 4. The summed E-state index contributed by atoms with van der Waals surface area (Å²) < 4.78 is 26.8. The molecule has 1 aromatic rings. The van der Waals surface area contributed by atoms with Gasteiger partial charge in [-0.15, -0.1) is 0 Å². The number of carbonyl (C=O) groups excluding carboxylic acids is 3. The third kappa shape index (κ3) is 3.94. The summed E-state index contributed by atoms with van der Waals surface area (Å²) in [7, 11) is 0. The standard InChI is InChI=1S/C19H23F2N3O3/c1-12-9-13(20)14(21)10-15(12)23-5-7-24(8-6-23)18(27)3-4-19(2)16(25)11-17(26)22-19/h9-10H,3-8,11H2,1-2H3,(H,22,26). The van der Waals surface area contributed by atoms with Crippen molar-refractivity contribution in [2.45, 2.75) is 38.6 Å². The fourth-order valence-electron chi connectivity index (χ4n) is 3.65. The Morgan fingerprint density at radius 2 is 1.78 bits per heavy atom. The minimum absolute atomic E-state index is 0.0770. The highest BCUT2D eigenvalue weighted by Gasteiger charge is 2.41. The van der Waals surface area contributed by atoms with E-state index in [0.29, 0.717) is 37.4 Å². The molecule has 0 spiro atoms. The van der Waals surface area contributed by atoms with Crippen LogP contribution in [0.5, 0.6) is 0 Å². The first-order valence-corrected chi connectivity index (χ1v) is 9.02. The summed E-state index contributed by atoms with van der Waals surface area (Å²) in [4.78, 5) is 39.4. The first-order valence-electron chi connectivity index (χ1n) is 9.02. The van der Waals surface area contributed by atoms with Crippen molar-refractivity contribution in [1.82, 2.24) is 10.2 Å². The Morgan fingerprint density at radius 1 is 1.15 bits per heavy atom. The number of nitrogens with zero attached hydrogens (tertiary/aromatic N) is 2. The van der Waals surface area contributed by atoms with Crippen molar-refractivity contribution < 1.29 is 23.2 Å². The number of piperazine rings is 1. The number of nitrogens with one attached hydrogen (secondary N) is 1. The molecule has 2 aliphatic rings. The van der Waals surface area contributed by atoms with E-state index in [1.54, 1.807) is 18.7 Å². The van der Waals surface area contributed by atoms with Crippen LogP contribution >= 0.6 is 0 Å². The Bertz CT molecular complexity index is 791. The van der Waals surface area contributed by atoms with Gasteiger partial charge in [-0.2, -0.15) is 0 Å². The number of rotatable bonds is 4. The lowest BCUT2D eigenvalue weighted by molar-refractivity contribution is -0.132. The second-order valence-electron chi connectivity index (χ2n) is 7.40. The summed E-state index contributed by atoms with van der Waals surface area (Å²) in [5, 5.41) is 2.65. The topological polar surface area (TPSA) is 69.7 Å². The highest BCUT2D eigenvalue weighted by atomic mass is 19.2. The van der Waals surface area contributed by atoms with Crippen LogP contribution < -0.4 is 10.2 Å². The van der Waals surface area contributed by atoms with Crippen LogP contribution in [0.2, 0.25) is 0 Å². The van der Waals surface area contributed by atoms with E-state index >= 15 is 0 Å². The minimum Gasteiger partial charge on any atom is -0.368 e. The van der Waals surface area contributed by atoms with Gasteiger partial charge in [-0.25, -0.2) is 8.78 Å². The summed E-state index contributed by atoms with van der Waals surface area (Å²) in [5.41, 5.74) is 0.321. The van der Waals surface area contributed by atoms with Crippen LogP contribution in [-0.2, 0) is 14.4 Å². The zero-order chi connectivity index (χ0) is 19.8. The molecule has 0 aromatic heterocycles. The smallest absolute Gasteiger partial charge is 0.228 e. The summed E-state index contributed by atoms with van der Waals surface area (Å²) in [6.45, 7) is 5.35. The van der Waals surface area contributed by atoms with Gasteiger partial charge in [-0.1, -0.05) is 0 Å². The van der Waals surface area contributed by atoms with Gasteiger partial charge in [-0.05, 0) is 31.9 Å². The van der Waals surface area contributed by atoms with Gasteiger partial charge in [0, 0.05) is 44.4 Å². The third-order valence-corrected chi connectivity index (χ3v) is 5.40. The van der Waals surface area contributed by atoms with Crippen molar-refractivity contribution in [2.75, 3.05) is 31.1 Å². The summed E-state index contributed by atoms with van der Waals surface area (Å²) in [6.07, 6.45) is 0.322. The molecular formula is C19H23F2N3O3. The molecule has 3 rings (SSSR count). The number of aryl methyl sites for hydroxylation is 1. The molecule has 146 valence electrons. The zero-order valence-electron chi connectivity index (χ0n) is 15.5. The van der Waals surface area contributed by atoms with Crippen LogP contribution in [0.1, 0.15) is 31.7 Å². The third-order valence-electron chi connectivity index (χ3n) is 5.40. The normalized spacial score (nSPS) is 23.0. The van der Waals surface area contributed by atoms with Crippen molar-refractivity contribution in [3.05, 3.63) is 29.3 Å². The van der Waals surface area contributed by atoms with Crippen molar-refractivity contribution >= 4 is 23.3 Å². The molecule has 2 heterocycles. The summed E-state index contributed by atoms with van der Waals surface area (Å²) in [6, 6.07) is 2.37. The fraction of sp³-hybridized carbons (Fsp3) is 0.526. The molecule has 0 radical (unpaired) electrons. The summed E-state index contributed by atoms with van der Waals surface area (Å²) >= 11 is 0. The maximum Gasteiger partial charge on any atom is 0.228 e. The van der Waals surface area contributed by atoms with Gasteiger partial charge >= 0.3 is 0 Å². The van der Waals surface area contributed by atoms with Crippen LogP contribution in [0.25, 0.3) is 0 Å². The molecule has 2 fully saturated rings. The molecule has 1 atom stereocenters. The number of benzene rings is 1.